The Hall–Kier alpha value is -1.55. The van der Waals surface area contributed by atoms with Crippen LogP contribution in [0.5, 0.6) is 5.75 Å². The first kappa shape index (κ1) is 15.8. The SMILES string of the molecule is CCOc1ccc(C(=O)N(CC2CCCN2)C(C)C)cc1. The Bertz CT molecular complexity index is 450. The number of carbonyl (C=O) groups excluding carboxylic acids is 1. The molecule has 1 saturated heterocycles. The molecule has 2 rings (SSSR count). The molecule has 1 fully saturated rings. The Morgan fingerprint density at radius 1 is 1.38 bits per heavy atom. The van der Waals surface area contributed by atoms with Crippen LogP contribution in [0.15, 0.2) is 24.3 Å². The maximum Gasteiger partial charge on any atom is 0.254 e. The second kappa shape index (κ2) is 7.46. The zero-order valence-corrected chi connectivity index (χ0v) is 13.3. The van der Waals surface area contributed by atoms with Crippen LogP contribution in [-0.2, 0) is 0 Å². The summed E-state index contributed by atoms with van der Waals surface area (Å²) >= 11 is 0. The fourth-order valence-electron chi connectivity index (χ4n) is 2.70. The minimum absolute atomic E-state index is 0.0988. The van der Waals surface area contributed by atoms with Gasteiger partial charge in [-0.15, -0.1) is 0 Å². The Labute approximate surface area is 127 Å². The van der Waals surface area contributed by atoms with Gasteiger partial charge in [-0.05, 0) is 64.4 Å². The molecule has 1 aliphatic heterocycles. The minimum Gasteiger partial charge on any atom is -0.494 e. The van der Waals surface area contributed by atoms with Crippen LogP contribution in [-0.4, -0.2) is 42.6 Å². The van der Waals surface area contributed by atoms with E-state index in [1.54, 1.807) is 0 Å². The number of nitrogens with zero attached hydrogens (tertiary/aromatic N) is 1. The number of hydrogen-bond donors (Lipinski definition) is 1. The zero-order valence-electron chi connectivity index (χ0n) is 13.3. The van der Waals surface area contributed by atoms with E-state index in [4.69, 9.17) is 4.74 Å². The standard InChI is InChI=1S/C17H26N2O2/c1-4-21-16-9-7-14(8-10-16)17(20)19(13(2)3)12-15-6-5-11-18-15/h7-10,13,15,18H,4-6,11-12H2,1-3H3. The van der Waals surface area contributed by atoms with E-state index in [0.29, 0.717) is 12.6 Å². The van der Waals surface area contributed by atoms with Crippen LogP contribution in [0.1, 0.15) is 44.0 Å². The number of rotatable bonds is 6. The average Bonchev–Trinajstić information content (AvgIpc) is 2.98. The molecule has 1 unspecified atom stereocenters. The van der Waals surface area contributed by atoms with Crippen LogP contribution in [0.25, 0.3) is 0 Å². The van der Waals surface area contributed by atoms with E-state index < -0.39 is 0 Å². The van der Waals surface area contributed by atoms with Gasteiger partial charge in [0.2, 0.25) is 0 Å². The molecule has 0 bridgehead atoms. The highest BCUT2D eigenvalue weighted by atomic mass is 16.5. The number of amides is 1. The third-order valence-corrected chi connectivity index (χ3v) is 3.88. The van der Waals surface area contributed by atoms with Crippen molar-refractivity contribution in [2.24, 2.45) is 0 Å². The van der Waals surface area contributed by atoms with Crippen LogP contribution in [0.4, 0.5) is 0 Å². The first-order valence-corrected chi connectivity index (χ1v) is 7.89. The molecule has 116 valence electrons. The number of nitrogens with one attached hydrogen (secondary N) is 1. The molecule has 4 heteroatoms. The fourth-order valence-corrected chi connectivity index (χ4v) is 2.70. The topological polar surface area (TPSA) is 41.6 Å². The highest BCUT2D eigenvalue weighted by molar-refractivity contribution is 5.94. The second-order valence-corrected chi connectivity index (χ2v) is 5.80. The summed E-state index contributed by atoms with van der Waals surface area (Å²) in [5, 5.41) is 3.46. The Morgan fingerprint density at radius 3 is 2.62 bits per heavy atom. The van der Waals surface area contributed by atoms with Crippen molar-refractivity contribution >= 4 is 5.91 Å². The van der Waals surface area contributed by atoms with E-state index in [-0.39, 0.29) is 11.9 Å². The predicted molar refractivity (Wildman–Crippen MR) is 84.8 cm³/mol. The Morgan fingerprint density at radius 2 is 2.10 bits per heavy atom. The second-order valence-electron chi connectivity index (χ2n) is 5.80. The van der Waals surface area contributed by atoms with Crippen LogP contribution in [0, 0.1) is 0 Å². The van der Waals surface area contributed by atoms with Crippen molar-refractivity contribution in [1.82, 2.24) is 10.2 Å². The molecule has 0 aromatic heterocycles. The van der Waals surface area contributed by atoms with Gasteiger partial charge in [-0.3, -0.25) is 4.79 Å². The van der Waals surface area contributed by atoms with Crippen LogP contribution in [0.2, 0.25) is 0 Å². The lowest BCUT2D eigenvalue weighted by Gasteiger charge is -2.29. The summed E-state index contributed by atoms with van der Waals surface area (Å²) in [5.41, 5.74) is 0.727. The summed E-state index contributed by atoms with van der Waals surface area (Å²) in [7, 11) is 0. The third kappa shape index (κ3) is 4.21. The highest BCUT2D eigenvalue weighted by Gasteiger charge is 2.24. The lowest BCUT2D eigenvalue weighted by Crippen LogP contribution is -2.44. The van der Waals surface area contributed by atoms with Crippen molar-refractivity contribution in [3.63, 3.8) is 0 Å². The maximum absolute atomic E-state index is 12.7. The van der Waals surface area contributed by atoms with Crippen molar-refractivity contribution in [3.05, 3.63) is 29.8 Å². The molecule has 4 nitrogen and oxygen atoms in total. The molecule has 1 N–H and O–H groups in total. The van der Waals surface area contributed by atoms with E-state index in [2.05, 4.69) is 19.2 Å². The number of benzene rings is 1. The van der Waals surface area contributed by atoms with Gasteiger partial charge in [0, 0.05) is 24.2 Å². The fraction of sp³-hybridized carbons (Fsp3) is 0.588. The molecule has 0 spiro atoms. The van der Waals surface area contributed by atoms with Crippen molar-refractivity contribution < 1.29 is 9.53 Å². The van der Waals surface area contributed by atoms with Gasteiger partial charge < -0.3 is 15.0 Å². The van der Waals surface area contributed by atoms with E-state index in [1.807, 2.05) is 36.1 Å². The molecule has 21 heavy (non-hydrogen) atoms. The molecular weight excluding hydrogens is 264 g/mol. The Kier molecular flexibility index (Phi) is 5.62. The molecule has 1 heterocycles. The van der Waals surface area contributed by atoms with E-state index >= 15 is 0 Å². The van der Waals surface area contributed by atoms with Gasteiger partial charge in [0.15, 0.2) is 0 Å². The first-order chi connectivity index (χ1) is 10.1. The maximum atomic E-state index is 12.7. The largest absolute Gasteiger partial charge is 0.494 e. The van der Waals surface area contributed by atoms with E-state index in [9.17, 15) is 4.79 Å². The van der Waals surface area contributed by atoms with Gasteiger partial charge in [0.1, 0.15) is 5.75 Å². The number of carbonyl (C=O) groups is 1. The van der Waals surface area contributed by atoms with Crippen molar-refractivity contribution in [2.45, 2.75) is 45.7 Å². The minimum atomic E-state index is 0.0988. The monoisotopic (exact) mass is 290 g/mol. The van der Waals surface area contributed by atoms with Gasteiger partial charge in [0.25, 0.3) is 5.91 Å². The molecule has 1 atom stereocenters. The van der Waals surface area contributed by atoms with Gasteiger partial charge >= 0.3 is 0 Å². The average molecular weight is 290 g/mol. The summed E-state index contributed by atoms with van der Waals surface area (Å²) in [5.74, 6) is 0.907. The highest BCUT2D eigenvalue weighted by Crippen LogP contribution is 2.16. The smallest absolute Gasteiger partial charge is 0.254 e. The number of ether oxygens (including phenoxy) is 1. The molecule has 1 aliphatic rings. The molecule has 0 radical (unpaired) electrons. The molecule has 1 aromatic rings. The molecular formula is C17H26N2O2. The third-order valence-electron chi connectivity index (χ3n) is 3.88. The summed E-state index contributed by atoms with van der Waals surface area (Å²) < 4.78 is 5.42. The van der Waals surface area contributed by atoms with Gasteiger partial charge in [0.05, 0.1) is 6.61 Å². The lowest BCUT2D eigenvalue weighted by molar-refractivity contribution is 0.0689. The first-order valence-electron chi connectivity index (χ1n) is 7.89. The molecule has 1 aromatic carbocycles. The predicted octanol–water partition coefficient (Wildman–Crippen LogP) is 2.69. The summed E-state index contributed by atoms with van der Waals surface area (Å²) in [6.07, 6.45) is 2.35. The summed E-state index contributed by atoms with van der Waals surface area (Å²) in [4.78, 5) is 14.7. The summed E-state index contributed by atoms with van der Waals surface area (Å²) in [6.45, 7) is 8.58. The normalized spacial score (nSPS) is 18.0. The van der Waals surface area contributed by atoms with E-state index in [0.717, 1.165) is 30.8 Å². The zero-order chi connectivity index (χ0) is 15.2. The Balaban J connectivity index is 2.06. The van der Waals surface area contributed by atoms with Crippen LogP contribution >= 0.6 is 0 Å². The van der Waals surface area contributed by atoms with Crippen molar-refractivity contribution in [2.75, 3.05) is 19.7 Å². The quantitative estimate of drug-likeness (QED) is 0.876. The van der Waals surface area contributed by atoms with Crippen LogP contribution < -0.4 is 10.1 Å². The summed E-state index contributed by atoms with van der Waals surface area (Å²) in [6, 6.07) is 8.06. The van der Waals surface area contributed by atoms with Gasteiger partial charge in [-0.2, -0.15) is 0 Å². The molecule has 0 aliphatic carbocycles. The van der Waals surface area contributed by atoms with Crippen molar-refractivity contribution in [3.8, 4) is 5.75 Å². The van der Waals surface area contributed by atoms with Crippen molar-refractivity contribution in [1.29, 1.82) is 0 Å². The van der Waals surface area contributed by atoms with Gasteiger partial charge in [-0.25, -0.2) is 0 Å². The molecule has 1 amide bonds. The van der Waals surface area contributed by atoms with Gasteiger partial charge in [-0.1, -0.05) is 0 Å². The van der Waals surface area contributed by atoms with Crippen LogP contribution in [0.3, 0.4) is 0 Å². The number of hydrogen-bond acceptors (Lipinski definition) is 3. The lowest BCUT2D eigenvalue weighted by atomic mass is 10.1. The molecule has 0 saturated carbocycles. The van der Waals surface area contributed by atoms with E-state index in [1.165, 1.54) is 6.42 Å².